The average Bonchev–Trinajstić information content (AvgIpc) is 1.88. The van der Waals surface area contributed by atoms with Crippen LogP contribution in [0.2, 0.25) is 0 Å². The van der Waals surface area contributed by atoms with E-state index in [0.29, 0.717) is 5.69 Å². The van der Waals surface area contributed by atoms with Gasteiger partial charge in [-0.3, -0.25) is 0 Å². The van der Waals surface area contributed by atoms with Crippen molar-refractivity contribution < 1.29 is 5.11 Å². The topological polar surface area (TPSA) is 45.2 Å². The lowest BCUT2D eigenvalue weighted by atomic mass is 10.4. The van der Waals surface area contributed by atoms with E-state index < -0.39 is 0 Å². The standard InChI is InChI=1S/C6H7IN2O/c1-8-4-3-9-6(7)2-5(4)10/h2-3,8H,1H3,(H,9,10). The molecule has 0 aliphatic carbocycles. The minimum Gasteiger partial charge on any atom is -0.506 e. The van der Waals surface area contributed by atoms with Gasteiger partial charge in [0.05, 0.1) is 11.9 Å². The lowest BCUT2D eigenvalue weighted by molar-refractivity contribution is 0.476. The summed E-state index contributed by atoms with van der Waals surface area (Å²) in [6.07, 6.45) is 1.59. The molecule has 0 bridgehead atoms. The lowest BCUT2D eigenvalue weighted by Gasteiger charge is -2.01. The maximum atomic E-state index is 9.18. The summed E-state index contributed by atoms with van der Waals surface area (Å²) in [5.74, 6) is 0.238. The summed E-state index contributed by atoms with van der Waals surface area (Å²) in [6.45, 7) is 0. The molecule has 0 fully saturated rings. The molecule has 1 aromatic rings. The molecule has 4 heteroatoms. The second-order valence-corrected chi connectivity index (χ2v) is 2.88. The number of halogens is 1. The second-order valence-electron chi connectivity index (χ2n) is 1.77. The third-order valence-corrected chi connectivity index (χ3v) is 1.71. The Labute approximate surface area is 72.6 Å². The monoisotopic (exact) mass is 250 g/mol. The maximum Gasteiger partial charge on any atom is 0.142 e. The molecule has 10 heavy (non-hydrogen) atoms. The number of aromatic hydroxyl groups is 1. The second kappa shape index (κ2) is 3.05. The first kappa shape index (κ1) is 7.59. The van der Waals surface area contributed by atoms with Crippen LogP contribution in [0.15, 0.2) is 12.3 Å². The molecule has 0 aliphatic heterocycles. The third-order valence-electron chi connectivity index (χ3n) is 1.12. The minimum absolute atomic E-state index is 0.238. The zero-order valence-corrected chi connectivity index (χ0v) is 7.58. The molecule has 1 heterocycles. The zero-order valence-electron chi connectivity index (χ0n) is 5.43. The van der Waals surface area contributed by atoms with Gasteiger partial charge in [-0.05, 0) is 22.6 Å². The van der Waals surface area contributed by atoms with E-state index in [1.165, 1.54) is 0 Å². The number of hydrogen-bond acceptors (Lipinski definition) is 3. The van der Waals surface area contributed by atoms with Crippen LogP contribution in [0.3, 0.4) is 0 Å². The van der Waals surface area contributed by atoms with E-state index in [1.54, 1.807) is 19.3 Å². The van der Waals surface area contributed by atoms with Crippen LogP contribution in [-0.2, 0) is 0 Å². The average molecular weight is 250 g/mol. The highest BCUT2D eigenvalue weighted by Gasteiger charge is 1.97. The molecule has 0 saturated heterocycles. The number of nitrogens with one attached hydrogen (secondary N) is 1. The normalized spacial score (nSPS) is 9.40. The summed E-state index contributed by atoms with van der Waals surface area (Å²) in [7, 11) is 1.74. The van der Waals surface area contributed by atoms with Gasteiger partial charge >= 0.3 is 0 Å². The van der Waals surface area contributed by atoms with Gasteiger partial charge in [-0.15, -0.1) is 0 Å². The van der Waals surface area contributed by atoms with Crippen molar-refractivity contribution in [2.45, 2.75) is 0 Å². The van der Waals surface area contributed by atoms with Crippen molar-refractivity contribution in [2.75, 3.05) is 12.4 Å². The summed E-state index contributed by atoms with van der Waals surface area (Å²) < 4.78 is 0.786. The fourth-order valence-corrected chi connectivity index (χ4v) is 1.05. The predicted molar refractivity (Wildman–Crippen MR) is 48.2 cm³/mol. The Morgan fingerprint density at radius 3 is 2.90 bits per heavy atom. The number of pyridine rings is 1. The SMILES string of the molecule is CNc1cnc(I)cc1O. The van der Waals surface area contributed by atoms with Crippen LogP contribution in [-0.4, -0.2) is 17.1 Å². The predicted octanol–water partition coefficient (Wildman–Crippen LogP) is 1.43. The Hall–Kier alpha value is -0.520. The Morgan fingerprint density at radius 2 is 2.40 bits per heavy atom. The van der Waals surface area contributed by atoms with Gasteiger partial charge in [0.25, 0.3) is 0 Å². The Bertz CT molecular complexity index is 239. The molecular formula is C6H7IN2O. The first-order chi connectivity index (χ1) is 4.74. The molecule has 0 aromatic carbocycles. The summed E-state index contributed by atoms with van der Waals surface area (Å²) in [5, 5.41) is 12.0. The molecule has 0 saturated carbocycles. The first-order valence-electron chi connectivity index (χ1n) is 2.76. The molecule has 0 aliphatic rings. The van der Waals surface area contributed by atoms with Crippen LogP contribution in [0, 0.1) is 3.70 Å². The Balaban J connectivity index is 3.07. The number of aromatic nitrogens is 1. The van der Waals surface area contributed by atoms with Crippen LogP contribution in [0.25, 0.3) is 0 Å². The minimum atomic E-state index is 0.238. The van der Waals surface area contributed by atoms with Gasteiger partial charge in [-0.2, -0.15) is 0 Å². The smallest absolute Gasteiger partial charge is 0.142 e. The number of rotatable bonds is 1. The van der Waals surface area contributed by atoms with Crippen molar-refractivity contribution in [1.82, 2.24) is 4.98 Å². The molecule has 0 unspecified atom stereocenters. The molecule has 1 rings (SSSR count). The molecule has 0 atom stereocenters. The quantitative estimate of drug-likeness (QED) is 0.585. The van der Waals surface area contributed by atoms with Gasteiger partial charge in [-0.1, -0.05) is 0 Å². The van der Waals surface area contributed by atoms with E-state index >= 15 is 0 Å². The van der Waals surface area contributed by atoms with E-state index in [-0.39, 0.29) is 5.75 Å². The lowest BCUT2D eigenvalue weighted by Crippen LogP contribution is -1.90. The summed E-state index contributed by atoms with van der Waals surface area (Å²) in [4.78, 5) is 3.97. The highest BCUT2D eigenvalue weighted by atomic mass is 127. The van der Waals surface area contributed by atoms with Crippen molar-refractivity contribution >= 4 is 28.3 Å². The molecule has 54 valence electrons. The van der Waals surface area contributed by atoms with E-state index in [1.807, 2.05) is 22.6 Å². The summed E-state index contributed by atoms with van der Waals surface area (Å²) in [5.41, 5.74) is 0.653. The van der Waals surface area contributed by atoms with Crippen LogP contribution >= 0.6 is 22.6 Å². The van der Waals surface area contributed by atoms with Gasteiger partial charge in [0.1, 0.15) is 9.45 Å². The van der Waals surface area contributed by atoms with Gasteiger partial charge in [-0.25, -0.2) is 4.98 Å². The largest absolute Gasteiger partial charge is 0.506 e. The van der Waals surface area contributed by atoms with Crippen LogP contribution < -0.4 is 5.32 Å². The highest BCUT2D eigenvalue weighted by Crippen LogP contribution is 2.21. The molecule has 0 radical (unpaired) electrons. The number of anilines is 1. The van der Waals surface area contributed by atoms with Crippen molar-refractivity contribution in [2.24, 2.45) is 0 Å². The molecule has 0 amide bonds. The maximum absolute atomic E-state index is 9.18. The van der Waals surface area contributed by atoms with Crippen LogP contribution in [0.4, 0.5) is 5.69 Å². The van der Waals surface area contributed by atoms with Gasteiger partial charge in [0.2, 0.25) is 0 Å². The zero-order chi connectivity index (χ0) is 7.56. The third kappa shape index (κ3) is 1.50. The van der Waals surface area contributed by atoms with Gasteiger partial charge in [0.15, 0.2) is 0 Å². The molecule has 0 spiro atoms. The van der Waals surface area contributed by atoms with E-state index in [2.05, 4.69) is 10.3 Å². The molecule has 1 aromatic heterocycles. The highest BCUT2D eigenvalue weighted by molar-refractivity contribution is 14.1. The Morgan fingerprint density at radius 1 is 1.70 bits per heavy atom. The summed E-state index contributed by atoms with van der Waals surface area (Å²) in [6, 6.07) is 1.60. The number of hydrogen-bond donors (Lipinski definition) is 2. The molecular weight excluding hydrogens is 243 g/mol. The van der Waals surface area contributed by atoms with Crippen molar-refractivity contribution in [1.29, 1.82) is 0 Å². The fourth-order valence-electron chi connectivity index (χ4n) is 0.613. The van der Waals surface area contributed by atoms with Crippen LogP contribution in [0.5, 0.6) is 5.75 Å². The summed E-state index contributed by atoms with van der Waals surface area (Å²) >= 11 is 2.04. The van der Waals surface area contributed by atoms with Crippen molar-refractivity contribution in [3.05, 3.63) is 16.0 Å². The van der Waals surface area contributed by atoms with Crippen molar-refractivity contribution in [3.63, 3.8) is 0 Å². The van der Waals surface area contributed by atoms with Gasteiger partial charge in [0, 0.05) is 13.1 Å². The number of nitrogens with zero attached hydrogens (tertiary/aromatic N) is 1. The van der Waals surface area contributed by atoms with Crippen LogP contribution in [0.1, 0.15) is 0 Å². The molecule has 2 N–H and O–H groups in total. The van der Waals surface area contributed by atoms with E-state index in [4.69, 9.17) is 0 Å². The van der Waals surface area contributed by atoms with Crippen molar-refractivity contribution in [3.8, 4) is 5.75 Å². The fraction of sp³-hybridized carbons (Fsp3) is 0.167. The van der Waals surface area contributed by atoms with E-state index in [0.717, 1.165) is 3.70 Å². The molecule has 3 nitrogen and oxygen atoms in total. The van der Waals surface area contributed by atoms with E-state index in [9.17, 15) is 5.11 Å². The Kier molecular flexibility index (Phi) is 2.31. The van der Waals surface area contributed by atoms with Gasteiger partial charge < -0.3 is 10.4 Å². The first-order valence-corrected chi connectivity index (χ1v) is 3.84.